The van der Waals surface area contributed by atoms with E-state index in [0.717, 1.165) is 12.1 Å². The lowest BCUT2D eigenvalue weighted by Gasteiger charge is -2.42. The van der Waals surface area contributed by atoms with Crippen LogP contribution in [0.4, 0.5) is 10.5 Å². The molecule has 0 radical (unpaired) electrons. The number of non-ortho nitro benzene ring substituents is 1. The highest BCUT2D eigenvalue weighted by molar-refractivity contribution is 9.09. The van der Waals surface area contributed by atoms with Gasteiger partial charge in [-0.15, -0.1) is 0 Å². The van der Waals surface area contributed by atoms with E-state index in [1.807, 2.05) is 0 Å². The standard InChI is InChI=1S/C29H24BrNO12/c1-17(32)38-16-22-23(41-27(33)18-8-4-2-5-9-18)24(43-29(35)39-21-14-12-20(13-15-21)31(36)37)25(26(30)40-22)42-28(34)19-10-6-3-7-11-19/h2-15,22-26H,16H2,1H3/t22-,23-,24+,25+,26+/m1/s1. The number of hydrogen-bond acceptors (Lipinski definition) is 12. The quantitative estimate of drug-likeness (QED) is 0.0784. The molecule has 0 amide bonds. The first kappa shape index (κ1) is 31.1. The van der Waals surface area contributed by atoms with Crippen LogP contribution in [0.25, 0.3) is 0 Å². The Kier molecular flexibility index (Phi) is 10.4. The molecule has 0 spiro atoms. The molecule has 0 unspecified atom stereocenters. The second-order valence-corrected chi connectivity index (χ2v) is 9.89. The Labute approximate surface area is 252 Å². The van der Waals surface area contributed by atoms with Crippen molar-refractivity contribution < 1.29 is 52.5 Å². The van der Waals surface area contributed by atoms with Crippen LogP contribution >= 0.6 is 15.9 Å². The second kappa shape index (κ2) is 14.4. The molecule has 0 saturated carbocycles. The van der Waals surface area contributed by atoms with Gasteiger partial charge < -0.3 is 28.4 Å². The number of halogens is 1. The van der Waals surface area contributed by atoms with Crippen LogP contribution in [-0.4, -0.2) is 65.0 Å². The van der Waals surface area contributed by atoms with E-state index in [0.29, 0.717) is 0 Å². The van der Waals surface area contributed by atoms with Crippen LogP contribution in [0.3, 0.4) is 0 Å². The van der Waals surface area contributed by atoms with Gasteiger partial charge >= 0.3 is 24.1 Å². The zero-order valence-corrected chi connectivity index (χ0v) is 24.0. The smallest absolute Gasteiger partial charge is 0.463 e. The molecule has 14 heteroatoms. The van der Waals surface area contributed by atoms with Gasteiger partial charge in [-0.25, -0.2) is 14.4 Å². The van der Waals surface area contributed by atoms with Crippen LogP contribution < -0.4 is 4.74 Å². The minimum Gasteiger partial charge on any atom is -0.463 e. The summed E-state index contributed by atoms with van der Waals surface area (Å²) >= 11 is 3.28. The van der Waals surface area contributed by atoms with Gasteiger partial charge in [0.15, 0.2) is 23.3 Å². The summed E-state index contributed by atoms with van der Waals surface area (Å²) in [5.74, 6) is -2.39. The number of nitro benzene ring substituents is 1. The normalized spacial score (nSPS) is 21.1. The number of nitro groups is 1. The van der Waals surface area contributed by atoms with E-state index in [-0.39, 0.29) is 22.6 Å². The van der Waals surface area contributed by atoms with Gasteiger partial charge in [0.2, 0.25) is 0 Å². The van der Waals surface area contributed by atoms with Crippen LogP contribution in [0, 0.1) is 10.1 Å². The summed E-state index contributed by atoms with van der Waals surface area (Å²) in [5.41, 5.74) is 0.0929. The maximum Gasteiger partial charge on any atom is 0.514 e. The third-order valence-electron chi connectivity index (χ3n) is 6.01. The number of carbonyl (C=O) groups excluding carboxylic acids is 4. The molecule has 0 aromatic heterocycles. The molecular formula is C29H24BrNO12. The monoisotopic (exact) mass is 657 g/mol. The van der Waals surface area contributed by atoms with Crippen molar-refractivity contribution in [1.82, 2.24) is 0 Å². The highest BCUT2D eigenvalue weighted by Gasteiger charge is 2.52. The fourth-order valence-electron chi connectivity index (χ4n) is 4.00. The maximum atomic E-state index is 13.1. The summed E-state index contributed by atoms with van der Waals surface area (Å²) in [7, 11) is 0. The first-order valence-electron chi connectivity index (χ1n) is 12.7. The number of alkyl halides is 1. The second-order valence-electron chi connectivity index (χ2n) is 8.99. The Balaban J connectivity index is 1.65. The lowest BCUT2D eigenvalue weighted by atomic mass is 9.99. The molecule has 0 aliphatic carbocycles. The number of esters is 3. The van der Waals surface area contributed by atoms with Crippen LogP contribution in [-0.2, 0) is 28.5 Å². The number of benzene rings is 3. The van der Waals surface area contributed by atoms with E-state index in [4.69, 9.17) is 28.4 Å². The van der Waals surface area contributed by atoms with E-state index in [1.54, 1.807) is 36.4 Å². The summed E-state index contributed by atoms with van der Waals surface area (Å²) < 4.78 is 33.1. The minimum absolute atomic E-state index is 0.0924. The van der Waals surface area contributed by atoms with Gasteiger partial charge in [0.1, 0.15) is 18.5 Å². The van der Waals surface area contributed by atoms with Crippen LogP contribution in [0.1, 0.15) is 27.6 Å². The fourth-order valence-corrected chi connectivity index (χ4v) is 4.69. The molecule has 13 nitrogen and oxygen atoms in total. The highest BCUT2D eigenvalue weighted by Crippen LogP contribution is 2.33. The van der Waals surface area contributed by atoms with Gasteiger partial charge in [0.25, 0.3) is 5.69 Å². The van der Waals surface area contributed by atoms with Gasteiger partial charge in [0.05, 0.1) is 16.1 Å². The van der Waals surface area contributed by atoms with Crippen molar-refractivity contribution in [2.75, 3.05) is 6.61 Å². The fraction of sp³-hybridized carbons (Fsp3) is 0.241. The molecule has 3 aromatic carbocycles. The highest BCUT2D eigenvalue weighted by atomic mass is 79.9. The third-order valence-corrected chi connectivity index (χ3v) is 6.75. The van der Waals surface area contributed by atoms with E-state index >= 15 is 0 Å². The van der Waals surface area contributed by atoms with E-state index in [9.17, 15) is 29.3 Å². The van der Waals surface area contributed by atoms with Gasteiger partial charge in [-0.2, -0.15) is 0 Å². The average Bonchev–Trinajstić information content (AvgIpc) is 3.00. The van der Waals surface area contributed by atoms with Crippen molar-refractivity contribution in [2.24, 2.45) is 0 Å². The third kappa shape index (κ3) is 8.36. The molecule has 1 fully saturated rings. The first-order valence-corrected chi connectivity index (χ1v) is 13.6. The van der Waals surface area contributed by atoms with Crippen molar-refractivity contribution in [2.45, 2.75) is 36.4 Å². The van der Waals surface area contributed by atoms with E-state index < -0.39 is 65.0 Å². The van der Waals surface area contributed by atoms with Crippen LogP contribution in [0.5, 0.6) is 5.75 Å². The molecule has 224 valence electrons. The Morgan fingerprint density at radius 1 is 0.791 bits per heavy atom. The Hall–Kier alpha value is -4.82. The zero-order chi connectivity index (χ0) is 30.9. The lowest BCUT2D eigenvalue weighted by Crippen LogP contribution is -2.61. The lowest BCUT2D eigenvalue weighted by molar-refractivity contribution is -0.384. The van der Waals surface area contributed by atoms with Crippen molar-refractivity contribution in [3.63, 3.8) is 0 Å². The van der Waals surface area contributed by atoms with Gasteiger partial charge in [-0.05, 0) is 36.4 Å². The van der Waals surface area contributed by atoms with Crippen molar-refractivity contribution in [3.8, 4) is 5.75 Å². The number of hydrogen-bond donors (Lipinski definition) is 0. The Bertz CT molecular complexity index is 1450. The van der Waals surface area contributed by atoms with Crippen molar-refractivity contribution in [1.29, 1.82) is 0 Å². The van der Waals surface area contributed by atoms with Crippen molar-refractivity contribution >= 4 is 45.7 Å². The molecule has 5 atom stereocenters. The van der Waals surface area contributed by atoms with Gasteiger partial charge in [0, 0.05) is 19.1 Å². The largest absolute Gasteiger partial charge is 0.514 e. The molecule has 1 heterocycles. The first-order chi connectivity index (χ1) is 20.6. The predicted molar refractivity (Wildman–Crippen MR) is 150 cm³/mol. The van der Waals surface area contributed by atoms with Gasteiger partial charge in [-0.3, -0.25) is 14.9 Å². The number of rotatable bonds is 9. The Morgan fingerprint density at radius 2 is 1.33 bits per heavy atom. The van der Waals surface area contributed by atoms with E-state index in [1.165, 1.54) is 43.3 Å². The zero-order valence-electron chi connectivity index (χ0n) is 22.4. The SMILES string of the molecule is CC(=O)OC[C@H]1O[C@H](Br)[C@@H](OC(=O)c2ccccc2)[C@@H](OC(=O)Oc2ccc([N+](=O)[O-])cc2)[C@@H]1OC(=O)c1ccccc1. The molecule has 43 heavy (non-hydrogen) atoms. The van der Waals surface area contributed by atoms with Crippen LogP contribution in [0.15, 0.2) is 84.9 Å². The Morgan fingerprint density at radius 3 is 1.84 bits per heavy atom. The van der Waals surface area contributed by atoms with Crippen molar-refractivity contribution in [3.05, 3.63) is 106 Å². The van der Waals surface area contributed by atoms with Crippen LogP contribution in [0.2, 0.25) is 0 Å². The summed E-state index contributed by atoms with van der Waals surface area (Å²) in [6.07, 6.45) is -6.93. The maximum absolute atomic E-state index is 13.1. The van der Waals surface area contributed by atoms with E-state index in [2.05, 4.69) is 15.9 Å². The number of carbonyl (C=O) groups is 4. The molecular weight excluding hydrogens is 634 g/mol. The molecule has 1 saturated heterocycles. The predicted octanol–water partition coefficient (Wildman–Crippen LogP) is 4.61. The number of ether oxygens (including phenoxy) is 6. The molecule has 3 aromatic rings. The summed E-state index contributed by atoms with van der Waals surface area (Å²) in [6, 6.07) is 20.4. The topological polar surface area (TPSA) is 167 Å². The average molecular weight is 658 g/mol. The van der Waals surface area contributed by atoms with Gasteiger partial charge in [-0.1, -0.05) is 52.3 Å². The molecule has 4 rings (SSSR count). The molecule has 1 aliphatic rings. The molecule has 0 bridgehead atoms. The summed E-state index contributed by atoms with van der Waals surface area (Å²) in [5, 5.41) is 9.82. The summed E-state index contributed by atoms with van der Waals surface area (Å²) in [4.78, 5) is 61.0. The summed E-state index contributed by atoms with van der Waals surface area (Å²) in [6.45, 7) is 0.750. The minimum atomic E-state index is -1.55. The number of nitrogens with zero attached hydrogens (tertiary/aromatic N) is 1. The molecule has 1 aliphatic heterocycles. The molecule has 0 N–H and O–H groups in total.